The Labute approximate surface area is 203 Å². The van der Waals surface area contributed by atoms with Crippen molar-refractivity contribution in [3.8, 4) is 5.69 Å². The molecule has 4 heterocycles. The Hall–Kier alpha value is -3.85. The van der Waals surface area contributed by atoms with E-state index in [1.807, 2.05) is 59.6 Å². The number of nitrogens with zero attached hydrogens (tertiary/aromatic N) is 5. The van der Waals surface area contributed by atoms with Gasteiger partial charge in [-0.1, -0.05) is 23.7 Å². The summed E-state index contributed by atoms with van der Waals surface area (Å²) < 4.78 is 42.0. The van der Waals surface area contributed by atoms with Crippen LogP contribution < -0.4 is 4.90 Å². The number of aromatic amines is 1. The molecular weight excluding hydrogens is 477 g/mol. The fraction of sp³-hybridized carbons (Fsp3) is 0.160. The molecule has 1 atom stereocenters. The Morgan fingerprint density at radius 2 is 1.86 bits per heavy atom. The number of anilines is 1. The van der Waals surface area contributed by atoms with Gasteiger partial charge >= 0.3 is 6.18 Å². The van der Waals surface area contributed by atoms with Crippen molar-refractivity contribution in [1.82, 2.24) is 24.7 Å². The Bertz CT molecular complexity index is 1510. The van der Waals surface area contributed by atoms with Crippen LogP contribution in [0.2, 0.25) is 5.02 Å². The van der Waals surface area contributed by atoms with Crippen molar-refractivity contribution in [2.24, 2.45) is 0 Å². The van der Waals surface area contributed by atoms with Gasteiger partial charge in [-0.2, -0.15) is 18.3 Å². The number of hydrogen-bond acceptors (Lipinski definition) is 4. The van der Waals surface area contributed by atoms with Gasteiger partial charge in [-0.25, -0.2) is 14.6 Å². The Morgan fingerprint density at radius 1 is 1.03 bits per heavy atom. The second-order valence-electron chi connectivity index (χ2n) is 8.33. The molecule has 6 rings (SSSR count). The van der Waals surface area contributed by atoms with Gasteiger partial charge in [0.15, 0.2) is 0 Å². The first-order valence-corrected chi connectivity index (χ1v) is 11.3. The molecule has 1 aliphatic rings. The second-order valence-corrected chi connectivity index (χ2v) is 8.77. The van der Waals surface area contributed by atoms with E-state index in [9.17, 15) is 13.2 Å². The van der Waals surface area contributed by atoms with Crippen LogP contribution in [-0.4, -0.2) is 31.3 Å². The quantitative estimate of drug-likeness (QED) is 0.336. The third-order valence-electron chi connectivity index (χ3n) is 6.26. The number of hydrogen-bond donors (Lipinski definition) is 1. The number of halogens is 4. The molecule has 0 bridgehead atoms. The predicted molar refractivity (Wildman–Crippen MR) is 127 cm³/mol. The van der Waals surface area contributed by atoms with Crippen molar-refractivity contribution in [2.75, 3.05) is 11.4 Å². The van der Waals surface area contributed by atoms with Gasteiger partial charge < -0.3 is 9.88 Å². The first-order valence-electron chi connectivity index (χ1n) is 11.0. The van der Waals surface area contributed by atoms with Gasteiger partial charge in [0.25, 0.3) is 0 Å². The van der Waals surface area contributed by atoms with E-state index in [0.717, 1.165) is 45.7 Å². The summed E-state index contributed by atoms with van der Waals surface area (Å²) in [6.07, 6.45) is 0.750. The molecule has 1 unspecified atom stereocenters. The number of aromatic nitrogens is 5. The van der Waals surface area contributed by atoms with Crippen molar-refractivity contribution >= 4 is 28.5 Å². The smallest absolute Gasteiger partial charge is 0.356 e. The molecule has 5 aromatic rings. The van der Waals surface area contributed by atoms with Crippen LogP contribution in [0, 0.1) is 0 Å². The molecule has 0 spiro atoms. The Balaban J connectivity index is 1.50. The van der Waals surface area contributed by atoms with E-state index < -0.39 is 17.9 Å². The maximum atomic E-state index is 13.4. The molecule has 0 saturated heterocycles. The predicted octanol–water partition coefficient (Wildman–Crippen LogP) is 5.97. The van der Waals surface area contributed by atoms with E-state index in [0.29, 0.717) is 18.0 Å². The molecule has 0 aliphatic carbocycles. The maximum absolute atomic E-state index is 13.4. The summed E-state index contributed by atoms with van der Waals surface area (Å²) in [6, 6.07) is 15.7. The minimum absolute atomic E-state index is 0.0308. The Kier molecular flexibility index (Phi) is 5.03. The van der Waals surface area contributed by atoms with E-state index in [1.54, 1.807) is 10.9 Å². The molecule has 10 heteroatoms. The van der Waals surface area contributed by atoms with Gasteiger partial charge in [-0.3, -0.25) is 0 Å². The average molecular weight is 495 g/mol. The summed E-state index contributed by atoms with van der Waals surface area (Å²) in [6.45, 7) is 0.444. The molecule has 0 fully saturated rings. The first-order chi connectivity index (χ1) is 16.9. The van der Waals surface area contributed by atoms with Crippen LogP contribution in [0.1, 0.15) is 28.6 Å². The molecule has 2 aromatic carbocycles. The molecular formula is C25H18ClF3N6. The molecule has 0 amide bonds. The van der Waals surface area contributed by atoms with Gasteiger partial charge in [0.05, 0.1) is 11.7 Å². The maximum Gasteiger partial charge on any atom is 0.433 e. The third-order valence-corrected chi connectivity index (χ3v) is 6.49. The van der Waals surface area contributed by atoms with Gasteiger partial charge in [0.2, 0.25) is 5.95 Å². The topological polar surface area (TPSA) is 62.6 Å². The van der Waals surface area contributed by atoms with Crippen molar-refractivity contribution in [1.29, 1.82) is 0 Å². The normalized spacial score (nSPS) is 16.0. The lowest BCUT2D eigenvalue weighted by molar-refractivity contribution is -0.141. The molecule has 6 nitrogen and oxygen atoms in total. The molecule has 1 aliphatic heterocycles. The molecule has 176 valence electrons. The first kappa shape index (κ1) is 21.7. The standard InChI is InChI=1S/C25H18ClF3N6/c26-16-4-7-20-19(14-16)18-9-13-34(24-30-11-8-21(33-24)25(27,28)29)23(22(18)32-20)15-2-5-17(6-3-15)35-12-1-10-31-35/h1-8,10-12,14,23,32H,9,13H2. The number of benzene rings is 2. The van der Waals surface area contributed by atoms with E-state index in [4.69, 9.17) is 11.6 Å². The number of fused-ring (bicyclic) bond motifs is 3. The fourth-order valence-electron chi connectivity index (χ4n) is 4.70. The molecule has 3 aromatic heterocycles. The largest absolute Gasteiger partial charge is 0.433 e. The lowest BCUT2D eigenvalue weighted by Crippen LogP contribution is -2.37. The SMILES string of the molecule is FC(F)(F)c1ccnc(N2CCc3c([nH]c4ccc(Cl)cc34)C2c2ccc(-n3cccn3)cc2)n1. The summed E-state index contributed by atoms with van der Waals surface area (Å²) in [5, 5.41) is 5.90. The number of nitrogens with one attached hydrogen (secondary N) is 1. The molecule has 0 saturated carbocycles. The van der Waals surface area contributed by atoms with Gasteiger partial charge in [-0.15, -0.1) is 0 Å². The molecule has 1 N–H and O–H groups in total. The van der Waals surface area contributed by atoms with Gasteiger partial charge in [-0.05, 0) is 60.0 Å². The van der Waals surface area contributed by atoms with Crippen molar-refractivity contribution < 1.29 is 13.2 Å². The fourth-order valence-corrected chi connectivity index (χ4v) is 4.87. The van der Waals surface area contributed by atoms with Crippen molar-refractivity contribution in [2.45, 2.75) is 18.6 Å². The Morgan fingerprint density at radius 3 is 2.60 bits per heavy atom. The molecule has 35 heavy (non-hydrogen) atoms. The highest BCUT2D eigenvalue weighted by molar-refractivity contribution is 6.31. The van der Waals surface area contributed by atoms with E-state index >= 15 is 0 Å². The van der Waals surface area contributed by atoms with Crippen LogP contribution in [0.4, 0.5) is 19.1 Å². The van der Waals surface area contributed by atoms with Crippen LogP contribution in [0.3, 0.4) is 0 Å². The van der Waals surface area contributed by atoms with E-state index in [2.05, 4.69) is 20.1 Å². The highest BCUT2D eigenvalue weighted by Gasteiger charge is 2.36. The summed E-state index contributed by atoms with van der Waals surface area (Å²) in [5.41, 5.74) is 3.70. The van der Waals surface area contributed by atoms with Crippen LogP contribution in [-0.2, 0) is 12.6 Å². The van der Waals surface area contributed by atoms with Crippen LogP contribution >= 0.6 is 11.6 Å². The van der Waals surface area contributed by atoms with Crippen LogP contribution in [0.25, 0.3) is 16.6 Å². The summed E-state index contributed by atoms with van der Waals surface area (Å²) in [7, 11) is 0. The number of rotatable bonds is 3. The van der Waals surface area contributed by atoms with Crippen LogP contribution in [0.5, 0.6) is 0 Å². The lowest BCUT2D eigenvalue weighted by atomic mass is 9.92. The highest BCUT2D eigenvalue weighted by Crippen LogP contribution is 2.41. The minimum Gasteiger partial charge on any atom is -0.356 e. The lowest BCUT2D eigenvalue weighted by Gasteiger charge is -2.36. The average Bonchev–Trinajstić information content (AvgIpc) is 3.51. The van der Waals surface area contributed by atoms with E-state index in [-0.39, 0.29) is 5.95 Å². The summed E-state index contributed by atoms with van der Waals surface area (Å²) >= 11 is 6.26. The summed E-state index contributed by atoms with van der Waals surface area (Å²) in [4.78, 5) is 13.4. The van der Waals surface area contributed by atoms with Crippen molar-refractivity contribution in [3.05, 3.63) is 101 Å². The van der Waals surface area contributed by atoms with Gasteiger partial charge in [0.1, 0.15) is 5.69 Å². The zero-order chi connectivity index (χ0) is 24.2. The number of H-pyrrole nitrogens is 1. The monoisotopic (exact) mass is 494 g/mol. The van der Waals surface area contributed by atoms with Gasteiger partial charge in [0, 0.05) is 46.8 Å². The van der Waals surface area contributed by atoms with Crippen LogP contribution in [0.15, 0.2) is 73.2 Å². The highest BCUT2D eigenvalue weighted by atomic mass is 35.5. The van der Waals surface area contributed by atoms with Crippen molar-refractivity contribution in [3.63, 3.8) is 0 Å². The zero-order valence-corrected chi connectivity index (χ0v) is 18.9. The number of alkyl halides is 3. The van der Waals surface area contributed by atoms with E-state index in [1.165, 1.54) is 0 Å². The zero-order valence-electron chi connectivity index (χ0n) is 18.2. The second kappa shape index (κ2) is 8.13. The molecule has 0 radical (unpaired) electrons. The third kappa shape index (κ3) is 3.81. The summed E-state index contributed by atoms with van der Waals surface area (Å²) in [5.74, 6) is 0.0308. The minimum atomic E-state index is -4.56.